The van der Waals surface area contributed by atoms with Crippen molar-refractivity contribution >= 4 is 5.97 Å². The number of carboxylic acid groups (broad SMARTS) is 1. The zero-order valence-corrected chi connectivity index (χ0v) is 13.3. The van der Waals surface area contributed by atoms with Gasteiger partial charge in [0, 0.05) is 6.54 Å². The van der Waals surface area contributed by atoms with Gasteiger partial charge < -0.3 is 25.7 Å². The lowest BCUT2D eigenvalue weighted by Crippen LogP contribution is -2.30. The lowest BCUT2D eigenvalue weighted by atomic mass is 9.89. The third kappa shape index (κ3) is 4.57. The van der Waals surface area contributed by atoms with Gasteiger partial charge in [0.25, 0.3) is 0 Å². The molecule has 0 amide bonds. The number of aliphatic carboxylic acids is 1. The van der Waals surface area contributed by atoms with Crippen LogP contribution in [-0.4, -0.2) is 39.1 Å². The molecule has 0 bridgehead atoms. The Hall–Kier alpha value is -2.94. The Balaban J connectivity index is 0.000000298. The molecule has 0 radical (unpaired) electrons. The zero-order chi connectivity index (χ0) is 19.5. The van der Waals surface area contributed by atoms with Gasteiger partial charge in [-0.25, -0.2) is 4.79 Å². The molecule has 140 valence electrons. The highest BCUT2D eigenvalue weighted by molar-refractivity contribution is 5.73. The van der Waals surface area contributed by atoms with Gasteiger partial charge in [-0.2, -0.15) is 13.2 Å². The number of fused-ring (bicyclic) bond motifs is 1. The molecule has 26 heavy (non-hydrogen) atoms. The van der Waals surface area contributed by atoms with Crippen LogP contribution in [0.1, 0.15) is 22.7 Å². The van der Waals surface area contributed by atoms with Gasteiger partial charge in [-0.3, -0.25) is 0 Å². The molecule has 1 atom stereocenters. The molecule has 0 aromatic heterocycles. The van der Waals surface area contributed by atoms with Gasteiger partial charge in [0.1, 0.15) is 5.75 Å². The van der Waals surface area contributed by atoms with Gasteiger partial charge in [0.05, 0.1) is 6.04 Å². The predicted octanol–water partition coefficient (Wildman–Crippen LogP) is 2.67. The Bertz CT molecular complexity index is 790. The number of alkyl halides is 3. The number of halogens is 3. The molecule has 0 aliphatic carbocycles. The van der Waals surface area contributed by atoms with E-state index in [0.29, 0.717) is 0 Å². The van der Waals surface area contributed by atoms with E-state index in [-0.39, 0.29) is 23.3 Å². The Labute approximate surface area is 146 Å². The molecule has 0 fully saturated rings. The number of benzene rings is 2. The molecule has 1 aliphatic rings. The summed E-state index contributed by atoms with van der Waals surface area (Å²) in [6, 6.07) is 10.2. The van der Waals surface area contributed by atoms with E-state index in [1.54, 1.807) is 24.3 Å². The summed E-state index contributed by atoms with van der Waals surface area (Å²) in [5.41, 5.74) is 3.02. The SMILES string of the molecule is O=C(O)C(F)(F)F.Oc1ccc(C2NCCc3cc(O)c(O)cc32)cc1. The zero-order valence-electron chi connectivity index (χ0n) is 13.3. The van der Waals surface area contributed by atoms with E-state index in [0.717, 1.165) is 29.7 Å². The molecule has 6 nitrogen and oxygen atoms in total. The highest BCUT2D eigenvalue weighted by Gasteiger charge is 2.38. The van der Waals surface area contributed by atoms with Crippen LogP contribution in [0.4, 0.5) is 13.2 Å². The molecule has 0 saturated carbocycles. The van der Waals surface area contributed by atoms with Crippen molar-refractivity contribution in [3.63, 3.8) is 0 Å². The minimum atomic E-state index is -5.08. The third-order valence-electron chi connectivity index (χ3n) is 3.76. The summed E-state index contributed by atoms with van der Waals surface area (Å²) in [5, 5.41) is 39.1. The molecule has 2 aromatic rings. The monoisotopic (exact) mass is 371 g/mol. The lowest BCUT2D eigenvalue weighted by molar-refractivity contribution is -0.192. The molecule has 0 spiro atoms. The molecule has 3 rings (SSSR count). The van der Waals surface area contributed by atoms with Crippen LogP contribution < -0.4 is 5.32 Å². The maximum absolute atomic E-state index is 10.6. The Kier molecular flexibility index (Phi) is 5.61. The number of hydrogen-bond acceptors (Lipinski definition) is 5. The fourth-order valence-electron chi connectivity index (χ4n) is 2.55. The summed E-state index contributed by atoms with van der Waals surface area (Å²) < 4.78 is 31.7. The summed E-state index contributed by atoms with van der Waals surface area (Å²) in [6.07, 6.45) is -4.27. The van der Waals surface area contributed by atoms with E-state index in [4.69, 9.17) is 9.90 Å². The van der Waals surface area contributed by atoms with Crippen molar-refractivity contribution in [2.45, 2.75) is 18.6 Å². The second-order valence-electron chi connectivity index (χ2n) is 5.57. The quantitative estimate of drug-likeness (QED) is 0.493. The average molecular weight is 371 g/mol. The number of nitrogens with one attached hydrogen (secondary N) is 1. The molecule has 1 unspecified atom stereocenters. The molecule has 9 heteroatoms. The van der Waals surface area contributed by atoms with Crippen molar-refractivity contribution in [2.24, 2.45) is 0 Å². The average Bonchev–Trinajstić information content (AvgIpc) is 2.56. The van der Waals surface area contributed by atoms with E-state index in [1.165, 1.54) is 0 Å². The topological polar surface area (TPSA) is 110 Å². The highest BCUT2D eigenvalue weighted by Crippen LogP contribution is 2.36. The van der Waals surface area contributed by atoms with Gasteiger partial charge >= 0.3 is 12.1 Å². The highest BCUT2D eigenvalue weighted by atomic mass is 19.4. The van der Waals surface area contributed by atoms with Crippen LogP contribution in [0.3, 0.4) is 0 Å². The van der Waals surface area contributed by atoms with E-state index in [1.807, 2.05) is 12.1 Å². The number of aromatic hydroxyl groups is 3. The second kappa shape index (κ2) is 7.52. The van der Waals surface area contributed by atoms with Crippen molar-refractivity contribution in [2.75, 3.05) is 6.54 Å². The maximum atomic E-state index is 10.6. The van der Waals surface area contributed by atoms with Crippen molar-refractivity contribution in [1.82, 2.24) is 5.32 Å². The first kappa shape index (κ1) is 19.4. The van der Waals surface area contributed by atoms with Crippen LogP contribution in [0, 0.1) is 0 Å². The van der Waals surface area contributed by atoms with Gasteiger partial charge in [0.2, 0.25) is 0 Å². The summed E-state index contributed by atoms with van der Waals surface area (Å²) >= 11 is 0. The Morgan fingerprint density at radius 1 is 1.04 bits per heavy atom. The lowest BCUT2D eigenvalue weighted by Gasteiger charge is -2.27. The number of carboxylic acids is 1. The van der Waals surface area contributed by atoms with Gasteiger partial charge in [-0.05, 0) is 47.4 Å². The van der Waals surface area contributed by atoms with Gasteiger partial charge in [0.15, 0.2) is 11.5 Å². The smallest absolute Gasteiger partial charge is 0.490 e. The predicted molar refractivity (Wildman–Crippen MR) is 85.1 cm³/mol. The summed E-state index contributed by atoms with van der Waals surface area (Å²) in [5.74, 6) is -2.71. The molecule has 1 heterocycles. The van der Waals surface area contributed by atoms with Crippen LogP contribution in [0.5, 0.6) is 17.2 Å². The van der Waals surface area contributed by atoms with Crippen molar-refractivity contribution in [3.05, 3.63) is 53.1 Å². The largest absolute Gasteiger partial charge is 0.508 e. The molecule has 1 aliphatic heterocycles. The van der Waals surface area contributed by atoms with Crippen LogP contribution in [-0.2, 0) is 11.2 Å². The maximum Gasteiger partial charge on any atom is 0.490 e. The van der Waals surface area contributed by atoms with Crippen LogP contribution >= 0.6 is 0 Å². The third-order valence-corrected chi connectivity index (χ3v) is 3.76. The first-order chi connectivity index (χ1) is 12.1. The van der Waals surface area contributed by atoms with E-state index >= 15 is 0 Å². The number of carbonyl (C=O) groups is 1. The van der Waals surface area contributed by atoms with E-state index in [2.05, 4.69) is 5.32 Å². The molecule has 2 aromatic carbocycles. The van der Waals surface area contributed by atoms with Crippen molar-refractivity contribution < 1.29 is 38.4 Å². The molecular formula is C17H16F3NO5. The number of phenols is 3. The minimum absolute atomic E-state index is 0.0316. The fraction of sp³-hybridized carbons (Fsp3) is 0.235. The van der Waals surface area contributed by atoms with Crippen molar-refractivity contribution in [3.8, 4) is 17.2 Å². The normalized spacial score (nSPS) is 16.2. The van der Waals surface area contributed by atoms with Crippen LogP contribution in [0.25, 0.3) is 0 Å². The Morgan fingerprint density at radius 3 is 2.12 bits per heavy atom. The van der Waals surface area contributed by atoms with E-state index < -0.39 is 12.1 Å². The van der Waals surface area contributed by atoms with Gasteiger partial charge in [-0.15, -0.1) is 0 Å². The number of phenolic OH excluding ortho intramolecular Hbond substituents is 3. The molecular weight excluding hydrogens is 355 g/mol. The summed E-state index contributed by atoms with van der Waals surface area (Å²) in [6.45, 7) is 0.808. The number of hydrogen-bond donors (Lipinski definition) is 5. The Morgan fingerprint density at radius 2 is 1.58 bits per heavy atom. The van der Waals surface area contributed by atoms with Gasteiger partial charge in [-0.1, -0.05) is 12.1 Å². The second-order valence-corrected chi connectivity index (χ2v) is 5.57. The first-order valence-corrected chi connectivity index (χ1v) is 7.46. The summed E-state index contributed by atoms with van der Waals surface area (Å²) in [4.78, 5) is 8.90. The molecule has 5 N–H and O–H groups in total. The first-order valence-electron chi connectivity index (χ1n) is 7.46. The van der Waals surface area contributed by atoms with Crippen LogP contribution in [0.2, 0.25) is 0 Å². The molecule has 0 saturated heterocycles. The fourth-order valence-corrected chi connectivity index (χ4v) is 2.55. The van der Waals surface area contributed by atoms with Crippen LogP contribution in [0.15, 0.2) is 36.4 Å². The minimum Gasteiger partial charge on any atom is -0.508 e. The number of rotatable bonds is 1. The standard InChI is InChI=1S/C15H15NO3.C2HF3O2/c17-11-3-1-9(2-4-11)15-12-8-14(19)13(18)7-10(12)5-6-16-15;3-2(4,5)1(6)7/h1-4,7-8,15-19H,5-6H2;(H,6,7). The van der Waals surface area contributed by atoms with Crippen molar-refractivity contribution in [1.29, 1.82) is 0 Å². The van der Waals surface area contributed by atoms with E-state index in [9.17, 15) is 28.5 Å². The summed E-state index contributed by atoms with van der Waals surface area (Å²) in [7, 11) is 0.